The van der Waals surface area contributed by atoms with Crippen molar-refractivity contribution >= 4 is 12.0 Å². The molecular formula is C32H36F3N3O4. The third kappa shape index (κ3) is 4.13. The SMILES string of the molecule is C=CCN1CC[C@]23c4c5ccc(O)c4O[C@H]2[C@@H](N(C)C(=O)C=Cc2cccc(OC(F)(F)F)c2)CC[C@@]3(N(C)C)[C@H]1C5. The lowest BCUT2D eigenvalue weighted by Gasteiger charge is -2.69. The van der Waals surface area contributed by atoms with Crippen LogP contribution in [0.4, 0.5) is 13.2 Å². The average molecular weight is 584 g/mol. The molecule has 2 aromatic rings. The number of rotatable bonds is 7. The zero-order valence-electron chi connectivity index (χ0n) is 24.0. The summed E-state index contributed by atoms with van der Waals surface area (Å²) in [5.41, 5.74) is 1.96. The third-order valence-corrected chi connectivity index (χ3v) is 10.1. The molecule has 2 heterocycles. The first-order chi connectivity index (χ1) is 19.9. The van der Waals surface area contributed by atoms with E-state index >= 15 is 0 Å². The number of halogens is 3. The predicted octanol–water partition coefficient (Wildman–Crippen LogP) is 4.74. The number of phenols is 1. The van der Waals surface area contributed by atoms with Crippen LogP contribution in [0.1, 0.15) is 36.0 Å². The lowest BCUT2D eigenvalue weighted by molar-refractivity contribution is -0.274. The lowest BCUT2D eigenvalue weighted by atomic mass is 9.46. The molecule has 10 heteroatoms. The quantitative estimate of drug-likeness (QED) is 0.375. The van der Waals surface area contributed by atoms with Crippen molar-refractivity contribution in [3.63, 3.8) is 0 Å². The van der Waals surface area contributed by atoms with Crippen LogP contribution in [0.2, 0.25) is 0 Å². The molecule has 2 fully saturated rings. The van der Waals surface area contributed by atoms with E-state index in [0.29, 0.717) is 17.7 Å². The summed E-state index contributed by atoms with van der Waals surface area (Å²) in [6.45, 7) is 5.64. The maximum Gasteiger partial charge on any atom is 0.573 e. The number of hydrogen-bond donors (Lipinski definition) is 1. The second-order valence-electron chi connectivity index (χ2n) is 12.0. The Labute approximate surface area is 243 Å². The fraction of sp³-hybridized carbons (Fsp3) is 0.469. The number of carbonyl (C=O) groups is 1. The summed E-state index contributed by atoms with van der Waals surface area (Å²) < 4.78 is 48.8. The molecule has 2 bridgehead atoms. The molecule has 1 saturated heterocycles. The molecule has 224 valence electrons. The Balaban J connectivity index is 1.35. The summed E-state index contributed by atoms with van der Waals surface area (Å²) in [5, 5.41) is 11.0. The van der Waals surface area contributed by atoms with Crippen LogP contribution in [0.25, 0.3) is 6.08 Å². The van der Waals surface area contributed by atoms with Crippen molar-refractivity contribution in [1.29, 1.82) is 0 Å². The molecule has 1 N–H and O–H groups in total. The maximum atomic E-state index is 13.5. The average Bonchev–Trinajstić information content (AvgIpc) is 3.28. The largest absolute Gasteiger partial charge is 0.573 e. The van der Waals surface area contributed by atoms with Gasteiger partial charge in [0.15, 0.2) is 11.5 Å². The van der Waals surface area contributed by atoms with Crippen LogP contribution < -0.4 is 9.47 Å². The first-order valence-electron chi connectivity index (χ1n) is 14.3. The Morgan fingerprint density at radius 1 is 1.24 bits per heavy atom. The van der Waals surface area contributed by atoms with E-state index in [0.717, 1.165) is 37.9 Å². The van der Waals surface area contributed by atoms with Gasteiger partial charge in [-0.3, -0.25) is 9.69 Å². The molecule has 4 aliphatic rings. The van der Waals surface area contributed by atoms with Crippen LogP contribution in [0.5, 0.6) is 17.2 Å². The van der Waals surface area contributed by atoms with Crippen LogP contribution in [0.15, 0.2) is 55.1 Å². The van der Waals surface area contributed by atoms with E-state index in [4.69, 9.17) is 4.74 Å². The number of likely N-dealkylation sites (tertiary alicyclic amines) is 1. The first-order valence-corrected chi connectivity index (χ1v) is 14.3. The number of piperidine rings is 1. The van der Waals surface area contributed by atoms with Gasteiger partial charge in [-0.2, -0.15) is 0 Å². The Hall–Kier alpha value is -3.50. The second kappa shape index (κ2) is 10.1. The van der Waals surface area contributed by atoms with Gasteiger partial charge < -0.3 is 24.4 Å². The van der Waals surface area contributed by atoms with Gasteiger partial charge in [-0.25, -0.2) is 0 Å². The second-order valence-corrected chi connectivity index (χ2v) is 12.0. The Kier molecular flexibility index (Phi) is 6.85. The summed E-state index contributed by atoms with van der Waals surface area (Å²) in [6.07, 6.45) is 2.81. The Morgan fingerprint density at radius 3 is 2.74 bits per heavy atom. The summed E-state index contributed by atoms with van der Waals surface area (Å²) in [5.74, 6) is 0.0189. The molecule has 2 aliphatic carbocycles. The maximum absolute atomic E-state index is 13.5. The molecule has 42 heavy (non-hydrogen) atoms. The van der Waals surface area contributed by atoms with E-state index in [2.05, 4.69) is 35.2 Å². The molecule has 1 saturated carbocycles. The number of ether oxygens (including phenoxy) is 2. The Bertz CT molecular complexity index is 1440. The van der Waals surface area contributed by atoms with Crippen LogP contribution in [-0.4, -0.2) is 90.0 Å². The third-order valence-electron chi connectivity index (χ3n) is 10.1. The van der Waals surface area contributed by atoms with Crippen LogP contribution in [-0.2, 0) is 16.6 Å². The van der Waals surface area contributed by atoms with E-state index < -0.39 is 11.8 Å². The van der Waals surface area contributed by atoms with Gasteiger partial charge in [-0.1, -0.05) is 24.3 Å². The minimum Gasteiger partial charge on any atom is -0.504 e. The van der Waals surface area contributed by atoms with Crippen LogP contribution in [0.3, 0.4) is 0 Å². The highest BCUT2D eigenvalue weighted by Gasteiger charge is 2.74. The van der Waals surface area contributed by atoms with Crippen molar-refractivity contribution in [2.75, 3.05) is 34.2 Å². The molecular weight excluding hydrogens is 547 g/mol. The van der Waals surface area contributed by atoms with Crippen LogP contribution >= 0.6 is 0 Å². The van der Waals surface area contributed by atoms with Crippen molar-refractivity contribution in [3.8, 4) is 17.2 Å². The highest BCUT2D eigenvalue weighted by Crippen LogP contribution is 2.67. The van der Waals surface area contributed by atoms with Gasteiger partial charge in [0, 0.05) is 36.8 Å². The van der Waals surface area contributed by atoms with E-state index in [-0.39, 0.29) is 41.1 Å². The van der Waals surface area contributed by atoms with Crippen molar-refractivity contribution in [3.05, 3.63) is 71.8 Å². The molecule has 1 amide bonds. The number of phenolic OH excluding ortho intramolecular Hbond substituents is 1. The van der Waals surface area contributed by atoms with Crippen molar-refractivity contribution < 1.29 is 32.5 Å². The summed E-state index contributed by atoms with van der Waals surface area (Å²) in [7, 11) is 6.01. The zero-order chi connectivity index (χ0) is 30.0. The normalized spacial score (nSPS) is 29.7. The van der Waals surface area contributed by atoms with Gasteiger partial charge in [0.1, 0.15) is 11.9 Å². The smallest absolute Gasteiger partial charge is 0.504 e. The number of aromatic hydroxyl groups is 1. The van der Waals surface area contributed by atoms with Crippen molar-refractivity contribution in [2.24, 2.45) is 0 Å². The molecule has 0 radical (unpaired) electrons. The van der Waals surface area contributed by atoms with Gasteiger partial charge in [0.25, 0.3) is 0 Å². The number of likely N-dealkylation sites (N-methyl/N-ethyl adjacent to an activating group) is 2. The highest BCUT2D eigenvalue weighted by atomic mass is 19.4. The molecule has 2 aromatic carbocycles. The van der Waals surface area contributed by atoms with Gasteiger partial charge in [-0.15, -0.1) is 19.8 Å². The molecule has 0 aromatic heterocycles. The number of benzene rings is 2. The fourth-order valence-corrected chi connectivity index (χ4v) is 8.57. The Morgan fingerprint density at radius 2 is 2.02 bits per heavy atom. The molecule has 7 nitrogen and oxygen atoms in total. The molecule has 1 spiro atoms. The fourth-order valence-electron chi connectivity index (χ4n) is 8.57. The minimum absolute atomic E-state index is 0.116. The first kappa shape index (κ1) is 28.6. The number of nitrogens with zero attached hydrogens (tertiary/aromatic N) is 3. The van der Waals surface area contributed by atoms with Gasteiger partial charge >= 0.3 is 6.36 Å². The van der Waals surface area contributed by atoms with E-state index in [9.17, 15) is 23.1 Å². The van der Waals surface area contributed by atoms with Crippen molar-refractivity contribution in [2.45, 2.75) is 61.2 Å². The number of amides is 1. The van der Waals surface area contributed by atoms with E-state index in [1.807, 2.05) is 12.1 Å². The molecule has 5 atom stereocenters. The zero-order valence-corrected chi connectivity index (χ0v) is 24.0. The number of alkyl halides is 3. The standard InChI is InChI=1S/C32H36F3N3O4/c1-5-16-38-17-15-30-27-21-10-11-24(39)28(27)41-29(30)23(13-14-31(30,36(2)3)25(38)19-21)37(4)26(40)12-9-20-7-6-8-22(18-20)42-32(33,34)35/h5-12,18,23,25,29,39H,1,13-17,19H2,2-4H3/t23-,25+,29-,30-,31+/m0/s1. The predicted molar refractivity (Wildman–Crippen MR) is 152 cm³/mol. The lowest BCUT2D eigenvalue weighted by Crippen LogP contribution is -2.82. The summed E-state index contributed by atoms with van der Waals surface area (Å²) in [6, 6.07) is 9.17. The van der Waals surface area contributed by atoms with Crippen molar-refractivity contribution in [1.82, 2.24) is 14.7 Å². The highest BCUT2D eigenvalue weighted by molar-refractivity contribution is 5.92. The molecule has 6 rings (SSSR count). The monoisotopic (exact) mass is 583 g/mol. The van der Waals surface area contributed by atoms with Gasteiger partial charge in [0.2, 0.25) is 5.91 Å². The van der Waals surface area contributed by atoms with Gasteiger partial charge in [-0.05, 0) is 81.7 Å². The summed E-state index contributed by atoms with van der Waals surface area (Å²) >= 11 is 0. The number of hydrogen-bond acceptors (Lipinski definition) is 6. The minimum atomic E-state index is -4.80. The van der Waals surface area contributed by atoms with Gasteiger partial charge in [0.05, 0.1) is 11.5 Å². The molecule has 2 aliphatic heterocycles. The van der Waals surface area contributed by atoms with E-state index in [1.165, 1.54) is 35.9 Å². The topological polar surface area (TPSA) is 65.5 Å². The summed E-state index contributed by atoms with van der Waals surface area (Å²) in [4.78, 5) is 20.1. The van der Waals surface area contributed by atoms with Crippen LogP contribution in [0, 0.1) is 0 Å². The number of carbonyl (C=O) groups excluding carboxylic acids is 1. The molecule has 0 unspecified atom stereocenters. The van der Waals surface area contributed by atoms with E-state index in [1.54, 1.807) is 24.1 Å².